The quantitative estimate of drug-likeness (QED) is 0.822. The maximum Gasteiger partial charge on any atom is 0.0389 e. The van der Waals surface area contributed by atoms with Crippen LogP contribution in [0.5, 0.6) is 0 Å². The van der Waals surface area contributed by atoms with Crippen LogP contribution in [0.15, 0.2) is 24.3 Å². The Kier molecular flexibility index (Phi) is 4.84. The van der Waals surface area contributed by atoms with Gasteiger partial charge >= 0.3 is 0 Å². The number of unbranched alkanes of at least 4 members (excludes halogenated alkanes) is 1. The number of rotatable bonds is 4. The standard InChI is InChI=1S/C19H30N2/c1-3-4-7-17-9-11-18(12-10-17)21-15-19-8-5-6-13-20(19)14-16(21)2/h9-12,16,19H,3-8,13-15H2,1-2H3. The molecule has 1 aromatic carbocycles. The number of anilines is 1. The van der Waals surface area contributed by atoms with Gasteiger partial charge in [-0.2, -0.15) is 0 Å². The molecule has 2 heterocycles. The van der Waals surface area contributed by atoms with Crippen LogP contribution in [-0.4, -0.2) is 36.6 Å². The molecule has 0 bridgehead atoms. The molecule has 2 heteroatoms. The van der Waals surface area contributed by atoms with Crippen molar-refractivity contribution in [2.45, 2.75) is 64.5 Å². The Morgan fingerprint density at radius 3 is 2.67 bits per heavy atom. The molecular weight excluding hydrogens is 256 g/mol. The molecule has 2 saturated heterocycles. The summed E-state index contributed by atoms with van der Waals surface area (Å²) in [6, 6.07) is 10.8. The number of aryl methyl sites for hydroxylation is 1. The number of nitrogens with zero attached hydrogens (tertiary/aromatic N) is 2. The Labute approximate surface area is 130 Å². The van der Waals surface area contributed by atoms with E-state index in [-0.39, 0.29) is 0 Å². The van der Waals surface area contributed by atoms with Crippen molar-refractivity contribution in [2.75, 3.05) is 24.5 Å². The first-order valence-electron chi connectivity index (χ1n) is 8.87. The molecule has 0 aromatic heterocycles. The van der Waals surface area contributed by atoms with Gasteiger partial charge in [0.15, 0.2) is 0 Å². The average molecular weight is 286 g/mol. The van der Waals surface area contributed by atoms with E-state index in [1.807, 2.05) is 0 Å². The molecule has 0 N–H and O–H groups in total. The van der Waals surface area contributed by atoms with E-state index in [9.17, 15) is 0 Å². The molecule has 0 saturated carbocycles. The molecule has 0 spiro atoms. The van der Waals surface area contributed by atoms with E-state index in [2.05, 4.69) is 47.9 Å². The third-order valence-corrected chi connectivity index (χ3v) is 5.27. The molecule has 116 valence electrons. The van der Waals surface area contributed by atoms with Gasteiger partial charge in [0.1, 0.15) is 0 Å². The molecule has 2 aliphatic heterocycles. The first-order valence-corrected chi connectivity index (χ1v) is 8.87. The van der Waals surface area contributed by atoms with Crippen molar-refractivity contribution in [3.63, 3.8) is 0 Å². The van der Waals surface area contributed by atoms with Gasteiger partial charge in [0, 0.05) is 30.9 Å². The van der Waals surface area contributed by atoms with Gasteiger partial charge in [-0.05, 0) is 56.8 Å². The van der Waals surface area contributed by atoms with Gasteiger partial charge in [-0.15, -0.1) is 0 Å². The summed E-state index contributed by atoms with van der Waals surface area (Å²) in [5, 5.41) is 0. The van der Waals surface area contributed by atoms with Crippen LogP contribution in [0.2, 0.25) is 0 Å². The average Bonchev–Trinajstić information content (AvgIpc) is 2.53. The lowest BCUT2D eigenvalue weighted by atomic mass is 9.96. The topological polar surface area (TPSA) is 6.48 Å². The number of hydrogen-bond acceptors (Lipinski definition) is 2. The highest BCUT2D eigenvalue weighted by atomic mass is 15.3. The van der Waals surface area contributed by atoms with Crippen molar-refractivity contribution in [1.82, 2.24) is 4.90 Å². The van der Waals surface area contributed by atoms with Crippen molar-refractivity contribution in [2.24, 2.45) is 0 Å². The highest BCUT2D eigenvalue weighted by Gasteiger charge is 2.32. The Hall–Kier alpha value is -1.02. The zero-order valence-electron chi connectivity index (χ0n) is 13.7. The molecule has 21 heavy (non-hydrogen) atoms. The van der Waals surface area contributed by atoms with Crippen LogP contribution < -0.4 is 4.90 Å². The second-order valence-electron chi connectivity index (χ2n) is 6.92. The Balaban J connectivity index is 1.67. The van der Waals surface area contributed by atoms with Gasteiger partial charge in [0.2, 0.25) is 0 Å². The fraction of sp³-hybridized carbons (Fsp3) is 0.684. The molecule has 0 radical (unpaired) electrons. The van der Waals surface area contributed by atoms with E-state index < -0.39 is 0 Å². The van der Waals surface area contributed by atoms with E-state index in [0.29, 0.717) is 6.04 Å². The first kappa shape index (κ1) is 14.9. The minimum absolute atomic E-state index is 0.640. The molecule has 0 aliphatic carbocycles. The van der Waals surface area contributed by atoms with E-state index in [0.717, 1.165) is 6.04 Å². The van der Waals surface area contributed by atoms with E-state index in [1.165, 1.54) is 69.4 Å². The van der Waals surface area contributed by atoms with Gasteiger partial charge in [-0.1, -0.05) is 31.9 Å². The normalized spacial score (nSPS) is 26.7. The minimum atomic E-state index is 0.640. The van der Waals surface area contributed by atoms with Gasteiger partial charge < -0.3 is 4.90 Å². The predicted molar refractivity (Wildman–Crippen MR) is 91.1 cm³/mol. The summed E-state index contributed by atoms with van der Waals surface area (Å²) in [5.41, 5.74) is 2.91. The minimum Gasteiger partial charge on any atom is -0.366 e. The summed E-state index contributed by atoms with van der Waals surface area (Å²) < 4.78 is 0. The smallest absolute Gasteiger partial charge is 0.0389 e. The van der Waals surface area contributed by atoms with Crippen LogP contribution in [0.1, 0.15) is 51.5 Å². The summed E-state index contributed by atoms with van der Waals surface area (Å²) in [6.07, 6.45) is 8.01. The van der Waals surface area contributed by atoms with Gasteiger partial charge in [0.05, 0.1) is 0 Å². The summed E-state index contributed by atoms with van der Waals surface area (Å²) in [5.74, 6) is 0. The van der Waals surface area contributed by atoms with Crippen LogP contribution in [0.3, 0.4) is 0 Å². The lowest BCUT2D eigenvalue weighted by Crippen LogP contribution is -2.58. The summed E-state index contributed by atoms with van der Waals surface area (Å²) in [4.78, 5) is 5.36. The zero-order chi connectivity index (χ0) is 14.7. The Bertz CT molecular complexity index is 439. The Morgan fingerprint density at radius 1 is 1.10 bits per heavy atom. The molecule has 2 nitrogen and oxygen atoms in total. The highest BCUT2D eigenvalue weighted by Crippen LogP contribution is 2.28. The van der Waals surface area contributed by atoms with E-state index in [4.69, 9.17) is 0 Å². The van der Waals surface area contributed by atoms with Crippen molar-refractivity contribution in [3.05, 3.63) is 29.8 Å². The summed E-state index contributed by atoms with van der Waals surface area (Å²) in [6.45, 7) is 8.42. The van der Waals surface area contributed by atoms with Crippen LogP contribution in [-0.2, 0) is 6.42 Å². The largest absolute Gasteiger partial charge is 0.366 e. The number of hydrogen-bond donors (Lipinski definition) is 0. The lowest BCUT2D eigenvalue weighted by molar-refractivity contribution is 0.115. The number of fused-ring (bicyclic) bond motifs is 1. The second kappa shape index (κ2) is 6.83. The molecule has 2 fully saturated rings. The Morgan fingerprint density at radius 2 is 1.90 bits per heavy atom. The van der Waals surface area contributed by atoms with Gasteiger partial charge in [-0.25, -0.2) is 0 Å². The third kappa shape index (κ3) is 3.42. The molecule has 2 atom stereocenters. The molecule has 0 amide bonds. The van der Waals surface area contributed by atoms with Crippen molar-refractivity contribution in [1.29, 1.82) is 0 Å². The monoisotopic (exact) mass is 286 g/mol. The van der Waals surface area contributed by atoms with E-state index in [1.54, 1.807) is 0 Å². The van der Waals surface area contributed by atoms with Gasteiger partial charge in [0.25, 0.3) is 0 Å². The molecular formula is C19H30N2. The third-order valence-electron chi connectivity index (χ3n) is 5.27. The van der Waals surface area contributed by atoms with Gasteiger partial charge in [-0.3, -0.25) is 4.90 Å². The maximum atomic E-state index is 2.72. The highest BCUT2D eigenvalue weighted by molar-refractivity contribution is 5.49. The second-order valence-corrected chi connectivity index (χ2v) is 6.92. The fourth-order valence-electron chi connectivity index (χ4n) is 3.95. The summed E-state index contributed by atoms with van der Waals surface area (Å²) in [7, 11) is 0. The molecule has 2 aliphatic rings. The lowest BCUT2D eigenvalue weighted by Gasteiger charge is -2.48. The first-order chi connectivity index (χ1) is 10.3. The van der Waals surface area contributed by atoms with E-state index >= 15 is 0 Å². The summed E-state index contributed by atoms with van der Waals surface area (Å²) >= 11 is 0. The van der Waals surface area contributed by atoms with Crippen LogP contribution >= 0.6 is 0 Å². The van der Waals surface area contributed by atoms with Crippen molar-refractivity contribution >= 4 is 5.69 Å². The molecule has 1 aromatic rings. The van der Waals surface area contributed by atoms with Crippen LogP contribution in [0.4, 0.5) is 5.69 Å². The number of piperidine rings is 1. The fourth-order valence-corrected chi connectivity index (χ4v) is 3.95. The van der Waals surface area contributed by atoms with Crippen molar-refractivity contribution in [3.8, 4) is 0 Å². The zero-order valence-corrected chi connectivity index (χ0v) is 13.7. The van der Waals surface area contributed by atoms with Crippen molar-refractivity contribution < 1.29 is 0 Å². The van der Waals surface area contributed by atoms with Crippen LogP contribution in [0.25, 0.3) is 0 Å². The number of benzene rings is 1. The number of piperazine rings is 1. The molecule has 2 unspecified atom stereocenters. The van der Waals surface area contributed by atoms with Crippen LogP contribution in [0, 0.1) is 0 Å². The molecule has 3 rings (SSSR count). The SMILES string of the molecule is CCCCc1ccc(N2CC3CCCCN3CC2C)cc1. The maximum absolute atomic E-state index is 2.72. The predicted octanol–water partition coefficient (Wildman–Crippen LogP) is 4.09.